The van der Waals surface area contributed by atoms with E-state index in [0.717, 1.165) is 13.0 Å². The van der Waals surface area contributed by atoms with E-state index < -0.39 is 0 Å². The van der Waals surface area contributed by atoms with Gasteiger partial charge < -0.3 is 9.88 Å². The van der Waals surface area contributed by atoms with Crippen molar-refractivity contribution in [2.45, 2.75) is 51.2 Å². The monoisotopic (exact) mass is 269 g/mol. The second kappa shape index (κ2) is 5.41. The molecule has 0 unspecified atom stereocenters. The smallest absolute Gasteiger partial charge is 0.108 e. The Labute approximate surface area is 121 Å². The Morgan fingerprint density at radius 3 is 2.70 bits per heavy atom. The third-order valence-corrected chi connectivity index (χ3v) is 4.19. The fourth-order valence-corrected chi connectivity index (χ4v) is 3.03. The summed E-state index contributed by atoms with van der Waals surface area (Å²) < 4.78 is 2.26. The molecule has 1 fully saturated rings. The molecule has 0 bridgehead atoms. The van der Waals surface area contributed by atoms with Crippen LogP contribution in [0.25, 0.3) is 0 Å². The topological polar surface area (TPSA) is 29.9 Å². The molecule has 106 valence electrons. The van der Waals surface area contributed by atoms with E-state index in [1.807, 2.05) is 6.20 Å². The molecule has 3 heteroatoms. The first kappa shape index (κ1) is 13.4. The van der Waals surface area contributed by atoms with Gasteiger partial charge in [0.05, 0.1) is 0 Å². The highest BCUT2D eigenvalue weighted by Gasteiger charge is 2.44. The third-order valence-electron chi connectivity index (χ3n) is 4.19. The number of nitrogens with zero attached hydrogens (tertiary/aromatic N) is 2. The molecule has 0 spiro atoms. The summed E-state index contributed by atoms with van der Waals surface area (Å²) in [6.07, 6.45) is 7.45. The third kappa shape index (κ3) is 2.63. The number of aryl methyl sites for hydroxylation is 1. The molecule has 0 saturated heterocycles. The Morgan fingerprint density at radius 1 is 1.30 bits per heavy atom. The van der Waals surface area contributed by atoms with Crippen LogP contribution >= 0.6 is 0 Å². The van der Waals surface area contributed by atoms with E-state index in [1.165, 1.54) is 24.2 Å². The fraction of sp³-hybridized carbons (Fsp3) is 0.471. The van der Waals surface area contributed by atoms with Crippen molar-refractivity contribution < 1.29 is 0 Å². The van der Waals surface area contributed by atoms with Crippen molar-refractivity contribution in [3.05, 3.63) is 54.1 Å². The van der Waals surface area contributed by atoms with Crippen LogP contribution in [-0.2, 0) is 18.5 Å². The van der Waals surface area contributed by atoms with Crippen molar-refractivity contribution >= 4 is 0 Å². The van der Waals surface area contributed by atoms with Gasteiger partial charge in [-0.25, -0.2) is 4.98 Å². The van der Waals surface area contributed by atoms with Gasteiger partial charge in [-0.3, -0.25) is 0 Å². The molecular weight excluding hydrogens is 246 g/mol. The lowest BCUT2D eigenvalue weighted by Crippen LogP contribution is -2.39. The van der Waals surface area contributed by atoms with Crippen molar-refractivity contribution in [1.82, 2.24) is 14.9 Å². The maximum absolute atomic E-state index is 4.39. The van der Waals surface area contributed by atoms with Crippen molar-refractivity contribution in [2.75, 3.05) is 0 Å². The van der Waals surface area contributed by atoms with Gasteiger partial charge in [-0.2, -0.15) is 0 Å². The minimum absolute atomic E-state index is 0.216. The summed E-state index contributed by atoms with van der Waals surface area (Å²) in [7, 11) is 0. The van der Waals surface area contributed by atoms with Crippen LogP contribution in [0.4, 0.5) is 0 Å². The van der Waals surface area contributed by atoms with Crippen LogP contribution in [0.15, 0.2) is 42.7 Å². The number of rotatable bonds is 6. The highest BCUT2D eigenvalue weighted by atomic mass is 15.1. The molecule has 1 heterocycles. The van der Waals surface area contributed by atoms with Crippen LogP contribution in [0.3, 0.4) is 0 Å². The van der Waals surface area contributed by atoms with E-state index in [2.05, 4.69) is 65.2 Å². The average Bonchev–Trinajstić information content (AvgIpc) is 3.11. The van der Waals surface area contributed by atoms with Gasteiger partial charge in [-0.1, -0.05) is 37.3 Å². The summed E-state index contributed by atoms with van der Waals surface area (Å²) in [4.78, 5) is 4.39. The lowest BCUT2D eigenvalue weighted by Gasteiger charge is -2.24. The van der Waals surface area contributed by atoms with Crippen LogP contribution in [0.2, 0.25) is 0 Å². The first-order chi connectivity index (χ1) is 9.73. The van der Waals surface area contributed by atoms with Crippen LogP contribution < -0.4 is 5.32 Å². The molecule has 1 atom stereocenters. The molecule has 1 aromatic carbocycles. The number of benzene rings is 1. The van der Waals surface area contributed by atoms with Crippen molar-refractivity contribution in [3.8, 4) is 0 Å². The van der Waals surface area contributed by atoms with Crippen LogP contribution in [0.1, 0.15) is 38.1 Å². The van der Waals surface area contributed by atoms with Crippen molar-refractivity contribution in [1.29, 1.82) is 0 Å². The van der Waals surface area contributed by atoms with Crippen LogP contribution in [0.5, 0.6) is 0 Å². The van der Waals surface area contributed by atoms with Gasteiger partial charge in [0.25, 0.3) is 0 Å². The zero-order chi connectivity index (χ0) is 14.0. The normalized spacial score (nSPS) is 17.9. The zero-order valence-electron chi connectivity index (χ0n) is 12.3. The number of aromatic nitrogens is 2. The Morgan fingerprint density at radius 2 is 2.05 bits per heavy atom. The van der Waals surface area contributed by atoms with E-state index in [-0.39, 0.29) is 5.54 Å². The van der Waals surface area contributed by atoms with Gasteiger partial charge in [-0.15, -0.1) is 0 Å². The van der Waals surface area contributed by atoms with Gasteiger partial charge in [0.2, 0.25) is 0 Å². The highest BCUT2D eigenvalue weighted by molar-refractivity contribution is 5.30. The van der Waals surface area contributed by atoms with Gasteiger partial charge in [0, 0.05) is 36.9 Å². The summed E-state index contributed by atoms with van der Waals surface area (Å²) >= 11 is 0. The minimum atomic E-state index is 0.216. The zero-order valence-corrected chi connectivity index (χ0v) is 12.3. The van der Waals surface area contributed by atoms with Gasteiger partial charge >= 0.3 is 0 Å². The van der Waals surface area contributed by atoms with Crippen LogP contribution in [0, 0.1) is 0 Å². The summed E-state index contributed by atoms with van der Waals surface area (Å²) in [5.74, 6) is 1.17. The molecule has 3 nitrogen and oxygen atoms in total. The number of hydrogen-bond acceptors (Lipinski definition) is 2. The molecule has 1 saturated carbocycles. The van der Waals surface area contributed by atoms with E-state index in [4.69, 9.17) is 0 Å². The lowest BCUT2D eigenvalue weighted by molar-refractivity contribution is 0.396. The fourth-order valence-electron chi connectivity index (χ4n) is 3.03. The largest absolute Gasteiger partial charge is 0.333 e. The molecule has 0 radical (unpaired) electrons. The van der Waals surface area contributed by atoms with Crippen molar-refractivity contribution in [2.24, 2.45) is 0 Å². The second-order valence-corrected chi connectivity index (χ2v) is 5.84. The van der Waals surface area contributed by atoms with E-state index in [9.17, 15) is 0 Å². The standard InChI is InChI=1S/C17H23N3/c1-3-16-18-11-12-20(16)13-14(2)19-17(9-10-17)15-7-5-4-6-8-15/h4-8,11-12,14,19H,3,9-10,13H2,1-2H3/t14-/m0/s1. The Hall–Kier alpha value is -1.61. The predicted molar refractivity (Wildman–Crippen MR) is 81.6 cm³/mol. The van der Waals surface area contributed by atoms with E-state index >= 15 is 0 Å². The Balaban J connectivity index is 1.66. The summed E-state index contributed by atoms with van der Waals surface area (Å²) in [6.45, 7) is 5.41. The summed E-state index contributed by atoms with van der Waals surface area (Å²) in [5.41, 5.74) is 1.64. The number of hydrogen-bond donors (Lipinski definition) is 1. The molecule has 0 amide bonds. The molecule has 1 aliphatic carbocycles. The van der Waals surface area contributed by atoms with Gasteiger partial charge in [-0.05, 0) is 25.3 Å². The minimum Gasteiger partial charge on any atom is -0.333 e. The van der Waals surface area contributed by atoms with E-state index in [0.29, 0.717) is 6.04 Å². The Kier molecular flexibility index (Phi) is 3.62. The average molecular weight is 269 g/mol. The Bertz CT molecular complexity index is 555. The quantitative estimate of drug-likeness (QED) is 0.873. The lowest BCUT2D eigenvalue weighted by atomic mass is 10.0. The maximum atomic E-state index is 4.39. The SMILES string of the molecule is CCc1nccn1C[C@H](C)NC1(c2ccccc2)CC1. The highest BCUT2D eigenvalue weighted by Crippen LogP contribution is 2.45. The molecular formula is C17H23N3. The second-order valence-electron chi connectivity index (χ2n) is 5.84. The van der Waals surface area contributed by atoms with Crippen molar-refractivity contribution in [3.63, 3.8) is 0 Å². The van der Waals surface area contributed by atoms with E-state index in [1.54, 1.807) is 0 Å². The molecule has 1 aliphatic rings. The summed E-state index contributed by atoms with van der Waals surface area (Å²) in [6, 6.07) is 11.3. The summed E-state index contributed by atoms with van der Waals surface area (Å²) in [5, 5.41) is 3.82. The first-order valence-electron chi connectivity index (χ1n) is 7.57. The predicted octanol–water partition coefficient (Wildman–Crippen LogP) is 3.11. The number of nitrogens with one attached hydrogen (secondary N) is 1. The molecule has 2 aromatic rings. The van der Waals surface area contributed by atoms with Gasteiger partial charge in [0.1, 0.15) is 5.82 Å². The molecule has 3 rings (SSSR count). The number of imidazole rings is 1. The maximum Gasteiger partial charge on any atom is 0.108 e. The molecule has 1 N–H and O–H groups in total. The molecule has 0 aliphatic heterocycles. The molecule has 1 aromatic heterocycles. The molecule has 20 heavy (non-hydrogen) atoms. The first-order valence-corrected chi connectivity index (χ1v) is 7.57. The van der Waals surface area contributed by atoms with Gasteiger partial charge in [0.15, 0.2) is 0 Å². The van der Waals surface area contributed by atoms with Crippen LogP contribution in [-0.4, -0.2) is 15.6 Å².